The van der Waals surface area contributed by atoms with Gasteiger partial charge in [-0.05, 0) is 31.2 Å². The lowest BCUT2D eigenvalue weighted by molar-refractivity contribution is -0.122. The van der Waals surface area contributed by atoms with Crippen molar-refractivity contribution in [2.45, 2.75) is 17.9 Å². The first-order valence-corrected chi connectivity index (χ1v) is 7.49. The van der Waals surface area contributed by atoms with Crippen LogP contribution < -0.4 is 15.8 Å². The minimum absolute atomic E-state index is 0.0586. The highest BCUT2D eigenvalue weighted by Crippen LogP contribution is 2.11. The Hall–Kier alpha value is -1.64. The molecule has 7 nitrogen and oxygen atoms in total. The first kappa shape index (κ1) is 16.4. The van der Waals surface area contributed by atoms with E-state index >= 15 is 0 Å². The van der Waals surface area contributed by atoms with Crippen LogP contribution in [0.2, 0.25) is 0 Å². The Bertz CT molecular complexity index is 542. The smallest absolute Gasteiger partial charge is 0.241 e. The second-order valence-corrected chi connectivity index (χ2v) is 5.91. The maximum atomic E-state index is 12.0. The SMILES string of the molecule is COCCNC(=O)C(C)NS(=O)(=O)c1ccc(N)cc1. The summed E-state index contributed by atoms with van der Waals surface area (Å²) in [5.41, 5.74) is 5.96. The standard InChI is InChI=1S/C12H19N3O4S/c1-9(12(16)14-7-8-19-2)15-20(17,18)11-5-3-10(13)4-6-11/h3-6,9,15H,7-8,13H2,1-2H3,(H,14,16). The maximum Gasteiger partial charge on any atom is 0.241 e. The number of benzene rings is 1. The summed E-state index contributed by atoms with van der Waals surface area (Å²) in [6.45, 7) is 2.16. The molecule has 1 unspecified atom stereocenters. The molecule has 0 heterocycles. The summed E-state index contributed by atoms with van der Waals surface area (Å²) in [5.74, 6) is -0.416. The van der Waals surface area contributed by atoms with E-state index < -0.39 is 22.0 Å². The zero-order valence-corrected chi connectivity index (χ0v) is 12.2. The monoisotopic (exact) mass is 301 g/mol. The number of nitrogens with two attached hydrogens (primary N) is 1. The number of hydrogen-bond donors (Lipinski definition) is 3. The number of ether oxygens (including phenoxy) is 1. The van der Waals surface area contributed by atoms with Crippen LogP contribution in [0.3, 0.4) is 0 Å². The van der Waals surface area contributed by atoms with E-state index in [-0.39, 0.29) is 4.90 Å². The highest BCUT2D eigenvalue weighted by Gasteiger charge is 2.21. The fraction of sp³-hybridized carbons (Fsp3) is 0.417. The van der Waals surface area contributed by atoms with Crippen LogP contribution in [-0.4, -0.2) is 40.6 Å². The Balaban J connectivity index is 2.66. The second kappa shape index (κ2) is 7.22. The third-order valence-electron chi connectivity index (χ3n) is 2.52. The Morgan fingerprint density at radius 3 is 2.50 bits per heavy atom. The molecule has 0 fully saturated rings. The molecule has 20 heavy (non-hydrogen) atoms. The van der Waals surface area contributed by atoms with Crippen molar-refractivity contribution in [2.24, 2.45) is 0 Å². The number of carbonyl (C=O) groups excluding carboxylic acids is 1. The molecule has 0 aliphatic rings. The van der Waals surface area contributed by atoms with E-state index in [1.54, 1.807) is 0 Å². The number of nitrogens with one attached hydrogen (secondary N) is 2. The topological polar surface area (TPSA) is 111 Å². The summed E-state index contributed by atoms with van der Waals surface area (Å²) >= 11 is 0. The van der Waals surface area contributed by atoms with E-state index in [4.69, 9.17) is 10.5 Å². The Labute approximate surface area is 118 Å². The van der Waals surface area contributed by atoms with E-state index in [2.05, 4.69) is 10.0 Å². The van der Waals surface area contributed by atoms with Gasteiger partial charge in [0.2, 0.25) is 15.9 Å². The predicted molar refractivity (Wildman–Crippen MR) is 75.5 cm³/mol. The van der Waals surface area contributed by atoms with Gasteiger partial charge in [-0.15, -0.1) is 0 Å². The highest BCUT2D eigenvalue weighted by atomic mass is 32.2. The summed E-state index contributed by atoms with van der Waals surface area (Å²) in [4.78, 5) is 11.7. The number of hydrogen-bond acceptors (Lipinski definition) is 5. The summed E-state index contributed by atoms with van der Waals surface area (Å²) in [6, 6.07) is 4.85. The van der Waals surface area contributed by atoms with Crippen molar-refractivity contribution in [1.82, 2.24) is 10.0 Å². The molecule has 1 aromatic rings. The highest BCUT2D eigenvalue weighted by molar-refractivity contribution is 7.89. The van der Waals surface area contributed by atoms with Crippen molar-refractivity contribution in [2.75, 3.05) is 26.0 Å². The Morgan fingerprint density at radius 1 is 1.35 bits per heavy atom. The van der Waals surface area contributed by atoms with Gasteiger partial charge in [-0.3, -0.25) is 4.79 Å². The van der Waals surface area contributed by atoms with Crippen LogP contribution in [0.4, 0.5) is 5.69 Å². The van der Waals surface area contributed by atoms with E-state index in [0.29, 0.717) is 18.8 Å². The molecule has 1 aromatic carbocycles. The first-order valence-electron chi connectivity index (χ1n) is 6.01. The van der Waals surface area contributed by atoms with Gasteiger partial charge in [-0.1, -0.05) is 0 Å². The lowest BCUT2D eigenvalue weighted by atomic mass is 10.3. The van der Waals surface area contributed by atoms with Crippen LogP contribution in [-0.2, 0) is 19.6 Å². The zero-order valence-electron chi connectivity index (χ0n) is 11.4. The van der Waals surface area contributed by atoms with E-state index in [9.17, 15) is 13.2 Å². The summed E-state index contributed by atoms with van der Waals surface area (Å²) in [5, 5.41) is 2.56. The summed E-state index contributed by atoms with van der Waals surface area (Å²) in [7, 11) is -2.24. The molecule has 4 N–H and O–H groups in total. The van der Waals surface area contributed by atoms with Crippen LogP contribution in [0.1, 0.15) is 6.92 Å². The molecule has 0 aromatic heterocycles. The van der Waals surface area contributed by atoms with Gasteiger partial charge in [0.25, 0.3) is 0 Å². The van der Waals surface area contributed by atoms with E-state index in [1.807, 2.05) is 0 Å². The number of carbonyl (C=O) groups is 1. The molecule has 0 saturated carbocycles. The summed E-state index contributed by atoms with van der Waals surface area (Å²) < 4.78 is 31.1. The molecule has 0 aliphatic heterocycles. The number of methoxy groups -OCH3 is 1. The van der Waals surface area contributed by atoms with E-state index in [1.165, 1.54) is 38.3 Å². The fourth-order valence-electron chi connectivity index (χ4n) is 1.43. The van der Waals surface area contributed by atoms with Crippen LogP contribution in [0, 0.1) is 0 Å². The molecule has 0 aliphatic carbocycles. The van der Waals surface area contributed by atoms with E-state index in [0.717, 1.165) is 0 Å². The van der Waals surface area contributed by atoms with Crippen molar-refractivity contribution in [1.29, 1.82) is 0 Å². The van der Waals surface area contributed by atoms with Crippen LogP contribution in [0.15, 0.2) is 29.2 Å². The first-order chi connectivity index (χ1) is 9.36. The number of anilines is 1. The average Bonchev–Trinajstić information content (AvgIpc) is 2.38. The van der Waals surface area contributed by atoms with Gasteiger partial charge < -0.3 is 15.8 Å². The molecular formula is C12H19N3O4S. The van der Waals surface area contributed by atoms with Crippen LogP contribution in [0.25, 0.3) is 0 Å². The second-order valence-electron chi connectivity index (χ2n) is 4.20. The molecular weight excluding hydrogens is 282 g/mol. The van der Waals surface area contributed by atoms with Crippen molar-refractivity contribution in [3.05, 3.63) is 24.3 Å². The lowest BCUT2D eigenvalue weighted by Gasteiger charge is -2.14. The van der Waals surface area contributed by atoms with Gasteiger partial charge in [0.05, 0.1) is 17.5 Å². The maximum absolute atomic E-state index is 12.0. The number of rotatable bonds is 7. The Kier molecular flexibility index (Phi) is 5.93. The van der Waals surface area contributed by atoms with Crippen molar-refractivity contribution in [3.8, 4) is 0 Å². The number of nitrogen functional groups attached to an aromatic ring is 1. The lowest BCUT2D eigenvalue weighted by Crippen LogP contribution is -2.45. The molecule has 0 bridgehead atoms. The van der Waals surface area contributed by atoms with Crippen LogP contribution >= 0.6 is 0 Å². The molecule has 1 atom stereocenters. The molecule has 112 valence electrons. The normalized spacial score (nSPS) is 12.9. The molecule has 1 rings (SSSR count). The van der Waals surface area contributed by atoms with Crippen molar-refractivity contribution in [3.63, 3.8) is 0 Å². The van der Waals surface area contributed by atoms with Gasteiger partial charge >= 0.3 is 0 Å². The van der Waals surface area contributed by atoms with Gasteiger partial charge in [-0.2, -0.15) is 4.72 Å². The molecule has 0 spiro atoms. The molecule has 1 amide bonds. The van der Waals surface area contributed by atoms with Gasteiger partial charge in [0, 0.05) is 19.3 Å². The zero-order chi connectivity index (χ0) is 15.2. The minimum atomic E-state index is -3.75. The number of sulfonamides is 1. The van der Waals surface area contributed by atoms with Crippen molar-refractivity contribution < 1.29 is 17.9 Å². The summed E-state index contributed by atoms with van der Waals surface area (Å²) in [6.07, 6.45) is 0. The minimum Gasteiger partial charge on any atom is -0.399 e. The molecule has 0 radical (unpaired) electrons. The fourth-order valence-corrected chi connectivity index (χ4v) is 2.63. The molecule has 8 heteroatoms. The Morgan fingerprint density at radius 2 is 1.95 bits per heavy atom. The van der Waals surface area contributed by atoms with Gasteiger partial charge in [0.1, 0.15) is 0 Å². The predicted octanol–water partition coefficient (Wildman–Crippen LogP) is -0.302. The third kappa shape index (κ3) is 4.80. The quantitative estimate of drug-likeness (QED) is 0.473. The third-order valence-corrected chi connectivity index (χ3v) is 4.08. The van der Waals surface area contributed by atoms with Gasteiger partial charge in [-0.25, -0.2) is 8.42 Å². The number of amides is 1. The van der Waals surface area contributed by atoms with Crippen molar-refractivity contribution >= 4 is 21.6 Å². The van der Waals surface area contributed by atoms with Crippen LogP contribution in [0.5, 0.6) is 0 Å². The average molecular weight is 301 g/mol. The molecule has 0 saturated heterocycles. The van der Waals surface area contributed by atoms with Gasteiger partial charge in [0.15, 0.2) is 0 Å². The largest absolute Gasteiger partial charge is 0.399 e.